The van der Waals surface area contributed by atoms with Crippen LogP contribution in [0.5, 0.6) is 0 Å². The second-order valence-electron chi connectivity index (χ2n) is 21.4. The minimum absolute atomic E-state index is 0.454. The third-order valence-electron chi connectivity index (χ3n) is 15.6. The normalized spacial score (nSPS) is 23.9. The molecular weight excluding hydrogens is 1010 g/mol. The summed E-state index contributed by atoms with van der Waals surface area (Å²) < 4.78 is 65.5. The molecule has 0 amide bonds. The number of hydrogen-bond donors (Lipinski definition) is 0. The monoisotopic (exact) mass is 1080 g/mol. The van der Waals surface area contributed by atoms with Crippen LogP contribution >= 0.6 is 17.1 Å². The predicted molar refractivity (Wildman–Crippen MR) is 306 cm³/mol. The molecule has 0 radical (unpaired) electrons. The zero-order valence-electron chi connectivity index (χ0n) is 44.9. The SMILES string of the molecule is CN(CCN(C)P1OC(c2ccccc2)(c2ccccc2)[C@H]2OC(C)(C)O[C@@H]2C(c2ccccc2)(c2ccccc2)O1)P1OC(c2ccccc2)(c2ccccc2)[C@H]2OC(C)(C)O[C@@H]2C(c2ccccc2)(c2ccccc2)O1. The van der Waals surface area contributed by atoms with E-state index in [-0.39, 0.29) is 0 Å². The smallest absolute Gasteiger partial charge is 0.261 e. The van der Waals surface area contributed by atoms with Crippen molar-refractivity contribution >= 4 is 17.1 Å². The molecule has 4 heterocycles. The first kappa shape index (κ1) is 52.9. The van der Waals surface area contributed by atoms with Crippen molar-refractivity contribution in [3.8, 4) is 0 Å². The maximum absolute atomic E-state index is 7.96. The van der Waals surface area contributed by atoms with Crippen molar-refractivity contribution in [2.75, 3.05) is 27.2 Å². The number of fused-ring (bicyclic) bond motifs is 2. The average molecular weight is 1080 g/mol. The molecule has 0 N–H and O–H groups in total. The summed E-state index contributed by atoms with van der Waals surface area (Å²) in [5.41, 5.74) is 2.46. The van der Waals surface area contributed by atoms with Crippen LogP contribution in [0, 0.1) is 0 Å². The lowest BCUT2D eigenvalue weighted by Crippen LogP contribution is -2.53. The molecule has 4 saturated heterocycles. The molecule has 4 aliphatic rings. The minimum atomic E-state index is -2.01. The lowest BCUT2D eigenvalue weighted by molar-refractivity contribution is -0.175. The van der Waals surface area contributed by atoms with Crippen LogP contribution in [0.2, 0.25) is 0 Å². The predicted octanol–water partition coefficient (Wildman–Crippen LogP) is 14.2. The van der Waals surface area contributed by atoms with E-state index in [0.717, 1.165) is 44.5 Å². The van der Waals surface area contributed by atoms with Gasteiger partial charge in [-0.2, -0.15) is 0 Å². The molecular formula is C66H66N2O8P2. The van der Waals surface area contributed by atoms with Gasteiger partial charge in [-0.25, -0.2) is 9.34 Å². The van der Waals surface area contributed by atoms with Gasteiger partial charge in [0, 0.05) is 13.1 Å². The molecule has 0 bridgehead atoms. The van der Waals surface area contributed by atoms with Crippen LogP contribution in [0.3, 0.4) is 0 Å². The quantitative estimate of drug-likeness (QED) is 0.104. The van der Waals surface area contributed by atoms with Gasteiger partial charge in [0.05, 0.1) is 0 Å². The van der Waals surface area contributed by atoms with Gasteiger partial charge in [0.25, 0.3) is 17.1 Å². The van der Waals surface area contributed by atoms with Gasteiger partial charge in [0.2, 0.25) is 0 Å². The molecule has 398 valence electrons. The fraction of sp³-hybridized carbons (Fsp3) is 0.273. The van der Waals surface area contributed by atoms with Gasteiger partial charge in [-0.1, -0.05) is 243 Å². The zero-order chi connectivity index (χ0) is 53.6. The van der Waals surface area contributed by atoms with Crippen LogP contribution in [0.25, 0.3) is 0 Å². The molecule has 0 spiro atoms. The third-order valence-corrected chi connectivity index (χ3v) is 18.9. The highest BCUT2D eigenvalue weighted by Gasteiger charge is 2.69. The topological polar surface area (TPSA) is 80.3 Å². The van der Waals surface area contributed by atoms with Crippen LogP contribution in [-0.4, -0.2) is 72.5 Å². The van der Waals surface area contributed by atoms with Crippen molar-refractivity contribution in [2.45, 2.75) is 86.1 Å². The summed E-state index contributed by atoms with van der Waals surface area (Å²) in [6.45, 7) is 8.83. The molecule has 10 nitrogen and oxygen atoms in total. The van der Waals surface area contributed by atoms with Crippen LogP contribution in [0.4, 0.5) is 0 Å². The van der Waals surface area contributed by atoms with E-state index in [0.29, 0.717) is 13.1 Å². The molecule has 12 heteroatoms. The van der Waals surface area contributed by atoms with Crippen molar-refractivity contribution in [1.82, 2.24) is 9.34 Å². The molecule has 4 atom stereocenters. The van der Waals surface area contributed by atoms with Crippen LogP contribution < -0.4 is 0 Å². The molecule has 4 aliphatic heterocycles. The molecule has 8 aromatic carbocycles. The Morgan fingerprint density at radius 2 is 0.436 bits per heavy atom. The standard InChI is InChI=1S/C66H66N2O8P2/c1-61(2)69-57-58(70-61)64(51-35-19-9-20-36-51,52-37-21-10-22-38-52)74-77(73-63(57,49-31-15-7-16-32-49)50-33-17-8-18-34-50)67(5)47-48-68(6)78-75-65(53-39-23-11-24-40-53,54-41-25-12-26-42-54)59-60(72-62(3,4)71-59)66(76-78,55-43-27-13-28-44-55)56-45-29-14-30-46-56/h7-46,57-60H,47-48H2,1-6H3/t57-,58-,59-,60-/m0/s1. The van der Waals surface area contributed by atoms with Crippen LogP contribution in [-0.2, 0) is 59.4 Å². The summed E-state index contributed by atoms with van der Waals surface area (Å²) in [7, 11) is 0.152. The third kappa shape index (κ3) is 9.20. The summed E-state index contributed by atoms with van der Waals surface area (Å²) in [6.07, 6.45) is -2.83. The van der Waals surface area contributed by atoms with E-state index in [9.17, 15) is 0 Å². The van der Waals surface area contributed by atoms with E-state index in [1.54, 1.807) is 0 Å². The molecule has 0 saturated carbocycles. The number of hydrogen-bond acceptors (Lipinski definition) is 10. The van der Waals surface area contributed by atoms with Crippen molar-refractivity contribution in [3.63, 3.8) is 0 Å². The highest BCUT2D eigenvalue weighted by Crippen LogP contribution is 2.68. The van der Waals surface area contributed by atoms with Gasteiger partial charge in [-0.15, -0.1) is 0 Å². The Kier molecular flexibility index (Phi) is 14.5. The second kappa shape index (κ2) is 21.4. The van der Waals surface area contributed by atoms with Gasteiger partial charge >= 0.3 is 0 Å². The average Bonchev–Trinajstić information content (AvgIpc) is 4.04. The molecule has 8 aromatic rings. The Balaban J connectivity index is 1.01. The van der Waals surface area contributed by atoms with Crippen molar-refractivity contribution in [3.05, 3.63) is 287 Å². The Morgan fingerprint density at radius 3 is 0.590 bits per heavy atom. The number of nitrogens with zero attached hydrogens (tertiary/aromatic N) is 2. The van der Waals surface area contributed by atoms with Crippen molar-refractivity contribution in [1.29, 1.82) is 0 Å². The largest absolute Gasteiger partial charge is 0.341 e. The summed E-state index contributed by atoms with van der Waals surface area (Å²) in [5.74, 6) is -2.04. The van der Waals surface area contributed by atoms with Gasteiger partial charge < -0.3 is 37.0 Å². The molecule has 0 aromatic heterocycles. The number of ether oxygens (including phenoxy) is 4. The highest BCUT2D eigenvalue weighted by atomic mass is 31.2. The first-order valence-electron chi connectivity index (χ1n) is 26.8. The lowest BCUT2D eigenvalue weighted by atomic mass is 9.72. The van der Waals surface area contributed by atoms with E-state index in [1.165, 1.54) is 0 Å². The highest BCUT2D eigenvalue weighted by molar-refractivity contribution is 7.45. The maximum Gasteiger partial charge on any atom is 0.261 e. The first-order valence-corrected chi connectivity index (χ1v) is 29.1. The van der Waals surface area contributed by atoms with E-state index in [4.69, 9.17) is 37.0 Å². The van der Waals surface area contributed by atoms with Crippen LogP contribution in [0.15, 0.2) is 243 Å². The van der Waals surface area contributed by atoms with Gasteiger partial charge in [-0.05, 0) is 86.3 Å². The molecule has 4 fully saturated rings. The first-order chi connectivity index (χ1) is 37.9. The van der Waals surface area contributed by atoms with E-state index in [2.05, 4.69) is 218 Å². The number of rotatable bonds is 13. The summed E-state index contributed by atoms with van der Waals surface area (Å²) >= 11 is 0. The fourth-order valence-corrected chi connectivity index (χ4v) is 15.5. The van der Waals surface area contributed by atoms with Crippen LogP contribution in [0.1, 0.15) is 72.2 Å². The second-order valence-corrected chi connectivity index (χ2v) is 24.5. The Labute approximate surface area is 461 Å². The minimum Gasteiger partial charge on any atom is -0.341 e. The Hall–Kier alpha value is -5.78. The van der Waals surface area contributed by atoms with E-state index < -0.39 is 75.4 Å². The maximum atomic E-state index is 7.96. The summed E-state index contributed by atoms with van der Waals surface area (Å²) in [6, 6.07) is 83.3. The zero-order valence-corrected chi connectivity index (χ0v) is 46.7. The summed E-state index contributed by atoms with van der Waals surface area (Å²) in [4.78, 5) is 0. The van der Waals surface area contributed by atoms with E-state index >= 15 is 0 Å². The lowest BCUT2D eigenvalue weighted by Gasteiger charge is -2.42. The fourth-order valence-electron chi connectivity index (χ4n) is 12.1. The van der Waals surface area contributed by atoms with Gasteiger partial charge in [-0.3, -0.25) is 0 Å². The van der Waals surface area contributed by atoms with E-state index in [1.807, 2.05) is 76.2 Å². The number of likely N-dealkylation sites (N-methyl/N-ethyl adjacent to an activating group) is 2. The number of benzene rings is 8. The molecule has 12 rings (SSSR count). The van der Waals surface area contributed by atoms with Crippen molar-refractivity contribution < 1.29 is 37.0 Å². The summed E-state index contributed by atoms with van der Waals surface area (Å²) in [5, 5.41) is 0. The van der Waals surface area contributed by atoms with Gasteiger partial charge in [0.15, 0.2) is 34.0 Å². The Morgan fingerprint density at radius 1 is 0.282 bits per heavy atom. The molecule has 0 aliphatic carbocycles. The Bertz CT molecular complexity index is 2660. The molecule has 0 unspecified atom stereocenters. The van der Waals surface area contributed by atoms with Gasteiger partial charge in [0.1, 0.15) is 24.4 Å². The molecule has 78 heavy (non-hydrogen) atoms. The van der Waals surface area contributed by atoms with Crippen molar-refractivity contribution in [2.24, 2.45) is 0 Å².